The minimum Gasteiger partial charge on any atom is -0.103 e. The summed E-state index contributed by atoms with van der Waals surface area (Å²) in [5.74, 6) is 0. The van der Waals surface area contributed by atoms with E-state index in [4.69, 9.17) is 0 Å². The van der Waals surface area contributed by atoms with E-state index in [1.807, 2.05) is 33.8 Å². The average Bonchev–Trinajstić information content (AvgIpc) is 2.24. The van der Waals surface area contributed by atoms with Crippen LogP contribution in [-0.4, -0.2) is 0 Å². The second-order valence-corrected chi connectivity index (χ2v) is 3.17. The molecule has 0 fully saturated rings. The average molecular weight is 210 g/mol. The molecule has 0 rings (SSSR count). The summed E-state index contributed by atoms with van der Waals surface area (Å²) in [5.41, 5.74) is 4.12. The van der Waals surface area contributed by atoms with Gasteiger partial charge in [0.05, 0.1) is 0 Å². The maximum absolute atomic E-state index is 3.70. The Kier molecular flexibility index (Phi) is 20.6. The normalized spacial score (nSPS) is 8.93. The molecule has 0 aromatic carbocycles. The Morgan fingerprint density at radius 2 is 1.33 bits per heavy atom. The van der Waals surface area contributed by atoms with Gasteiger partial charge in [-0.1, -0.05) is 56.6 Å². The van der Waals surface area contributed by atoms with Crippen LogP contribution in [0.4, 0.5) is 0 Å². The third kappa shape index (κ3) is 15.9. The van der Waals surface area contributed by atoms with Crippen LogP contribution in [-0.2, 0) is 0 Å². The highest BCUT2D eigenvalue weighted by atomic mass is 13.9. The molecule has 0 nitrogen and oxygen atoms in total. The molecule has 0 N–H and O–H groups in total. The summed E-state index contributed by atoms with van der Waals surface area (Å²) >= 11 is 0. The SMILES string of the molecule is C=CC/C(C)=C/C(C)=C(C)C.CC.CC. The molecule has 0 saturated heterocycles. The van der Waals surface area contributed by atoms with E-state index in [-0.39, 0.29) is 0 Å². The van der Waals surface area contributed by atoms with Gasteiger partial charge in [-0.25, -0.2) is 0 Å². The van der Waals surface area contributed by atoms with Crippen LogP contribution in [0, 0.1) is 0 Å². The van der Waals surface area contributed by atoms with Crippen LogP contribution in [0.2, 0.25) is 0 Å². The van der Waals surface area contributed by atoms with Gasteiger partial charge in [0.15, 0.2) is 0 Å². The summed E-state index contributed by atoms with van der Waals surface area (Å²) in [6.07, 6.45) is 5.14. The first-order chi connectivity index (χ1) is 7.07. The van der Waals surface area contributed by atoms with Gasteiger partial charge in [0, 0.05) is 0 Å². The van der Waals surface area contributed by atoms with Gasteiger partial charge in [-0.15, -0.1) is 6.58 Å². The summed E-state index contributed by atoms with van der Waals surface area (Å²) in [5, 5.41) is 0. The standard InChI is InChI=1S/C11H18.2C2H6/c1-6-7-10(4)8-11(5)9(2)3;2*1-2/h6,8H,1,7H2,2-5H3;2*1-2H3/b10-8+;;. The van der Waals surface area contributed by atoms with Gasteiger partial charge < -0.3 is 0 Å². The molecular formula is C15H30. The number of hydrogen-bond donors (Lipinski definition) is 0. The molecular weight excluding hydrogens is 180 g/mol. The van der Waals surface area contributed by atoms with Crippen molar-refractivity contribution in [1.82, 2.24) is 0 Å². The molecule has 0 radical (unpaired) electrons. The highest BCUT2D eigenvalue weighted by molar-refractivity contribution is 5.25. The van der Waals surface area contributed by atoms with Gasteiger partial charge in [0.25, 0.3) is 0 Å². The van der Waals surface area contributed by atoms with Gasteiger partial charge in [-0.3, -0.25) is 0 Å². The number of hydrogen-bond acceptors (Lipinski definition) is 0. The molecule has 0 aromatic heterocycles. The van der Waals surface area contributed by atoms with Crippen LogP contribution in [0.3, 0.4) is 0 Å². The smallest absolute Gasteiger partial charge is 0.0141 e. The first kappa shape index (κ1) is 19.7. The topological polar surface area (TPSA) is 0 Å². The highest BCUT2D eigenvalue weighted by Gasteiger charge is 1.88. The van der Waals surface area contributed by atoms with Crippen LogP contribution in [0.5, 0.6) is 0 Å². The highest BCUT2D eigenvalue weighted by Crippen LogP contribution is 2.09. The molecule has 15 heavy (non-hydrogen) atoms. The van der Waals surface area contributed by atoms with Crippen molar-refractivity contribution in [2.24, 2.45) is 0 Å². The monoisotopic (exact) mass is 210 g/mol. The van der Waals surface area contributed by atoms with Crippen molar-refractivity contribution in [2.45, 2.75) is 61.8 Å². The predicted octanol–water partition coefficient (Wildman–Crippen LogP) is 5.92. The minimum absolute atomic E-state index is 0.991. The Morgan fingerprint density at radius 1 is 0.933 bits per heavy atom. The van der Waals surface area contributed by atoms with E-state index < -0.39 is 0 Å². The Morgan fingerprint density at radius 3 is 1.60 bits per heavy atom. The predicted molar refractivity (Wildman–Crippen MR) is 75.3 cm³/mol. The molecule has 0 heteroatoms. The Balaban J connectivity index is -0.000000318. The van der Waals surface area contributed by atoms with E-state index in [1.165, 1.54) is 16.7 Å². The number of allylic oxidation sites excluding steroid dienone is 5. The van der Waals surface area contributed by atoms with Crippen molar-refractivity contribution in [1.29, 1.82) is 0 Å². The van der Waals surface area contributed by atoms with Crippen LogP contribution in [0.15, 0.2) is 35.5 Å². The molecule has 90 valence electrons. The van der Waals surface area contributed by atoms with E-state index in [0.29, 0.717) is 0 Å². The Labute approximate surface area is 97.8 Å². The lowest BCUT2D eigenvalue weighted by Gasteiger charge is -1.98. The Bertz CT molecular complexity index is 188. The van der Waals surface area contributed by atoms with Crippen LogP contribution in [0.1, 0.15) is 61.8 Å². The Hall–Kier alpha value is -0.780. The second-order valence-electron chi connectivity index (χ2n) is 3.17. The van der Waals surface area contributed by atoms with E-state index in [0.717, 1.165) is 6.42 Å². The zero-order valence-electron chi connectivity index (χ0n) is 12.1. The van der Waals surface area contributed by atoms with Crippen LogP contribution < -0.4 is 0 Å². The summed E-state index contributed by atoms with van der Waals surface area (Å²) in [4.78, 5) is 0. The lowest BCUT2D eigenvalue weighted by molar-refractivity contribution is 1.18. The van der Waals surface area contributed by atoms with E-state index in [1.54, 1.807) is 0 Å². The zero-order valence-corrected chi connectivity index (χ0v) is 12.1. The lowest BCUT2D eigenvalue weighted by atomic mass is 10.1. The van der Waals surface area contributed by atoms with Crippen LogP contribution in [0.25, 0.3) is 0 Å². The molecule has 0 aromatic rings. The largest absolute Gasteiger partial charge is 0.103 e. The number of rotatable bonds is 3. The van der Waals surface area contributed by atoms with Crippen molar-refractivity contribution in [3.05, 3.63) is 35.5 Å². The maximum Gasteiger partial charge on any atom is -0.0141 e. The first-order valence-corrected chi connectivity index (χ1v) is 6.00. The van der Waals surface area contributed by atoms with Crippen molar-refractivity contribution in [3.8, 4) is 0 Å². The third-order valence-corrected chi connectivity index (χ3v) is 1.72. The third-order valence-electron chi connectivity index (χ3n) is 1.72. The van der Waals surface area contributed by atoms with E-state index in [2.05, 4.69) is 40.3 Å². The lowest BCUT2D eigenvalue weighted by Crippen LogP contribution is -1.78. The van der Waals surface area contributed by atoms with E-state index >= 15 is 0 Å². The van der Waals surface area contributed by atoms with Crippen LogP contribution >= 0.6 is 0 Å². The van der Waals surface area contributed by atoms with Crippen molar-refractivity contribution < 1.29 is 0 Å². The first-order valence-electron chi connectivity index (χ1n) is 6.00. The fourth-order valence-electron chi connectivity index (χ4n) is 0.801. The molecule has 0 aliphatic rings. The summed E-state index contributed by atoms with van der Waals surface area (Å²) < 4.78 is 0. The molecule has 0 bridgehead atoms. The summed E-state index contributed by atoms with van der Waals surface area (Å²) in [6, 6.07) is 0. The van der Waals surface area contributed by atoms with E-state index in [9.17, 15) is 0 Å². The summed E-state index contributed by atoms with van der Waals surface area (Å²) in [7, 11) is 0. The van der Waals surface area contributed by atoms with Crippen molar-refractivity contribution in [2.75, 3.05) is 0 Å². The second kappa shape index (κ2) is 15.7. The maximum atomic E-state index is 3.70. The zero-order chi connectivity index (χ0) is 12.9. The van der Waals surface area contributed by atoms with Crippen molar-refractivity contribution >= 4 is 0 Å². The van der Waals surface area contributed by atoms with Crippen molar-refractivity contribution in [3.63, 3.8) is 0 Å². The van der Waals surface area contributed by atoms with Gasteiger partial charge in [-0.05, 0) is 34.1 Å². The molecule has 0 spiro atoms. The molecule has 0 atom stereocenters. The van der Waals surface area contributed by atoms with Gasteiger partial charge in [-0.2, -0.15) is 0 Å². The fraction of sp³-hybridized carbons (Fsp3) is 0.600. The van der Waals surface area contributed by atoms with Gasteiger partial charge >= 0.3 is 0 Å². The molecule has 0 aliphatic carbocycles. The molecule has 0 heterocycles. The fourth-order valence-corrected chi connectivity index (χ4v) is 0.801. The van der Waals surface area contributed by atoms with Gasteiger partial charge in [0.1, 0.15) is 0 Å². The molecule has 0 aliphatic heterocycles. The minimum atomic E-state index is 0.991. The van der Waals surface area contributed by atoms with Gasteiger partial charge in [0.2, 0.25) is 0 Å². The molecule has 0 saturated carbocycles. The molecule has 0 unspecified atom stereocenters. The molecule has 0 amide bonds. The quantitative estimate of drug-likeness (QED) is 0.401. The summed E-state index contributed by atoms with van der Waals surface area (Å²) in [6.45, 7) is 20.2.